The highest BCUT2D eigenvalue weighted by molar-refractivity contribution is 7.80. The molecule has 0 spiro atoms. The number of thiocarbonyl (C=S) groups is 2. The van der Waals surface area contributed by atoms with Gasteiger partial charge in [-0.2, -0.15) is 0 Å². The molecule has 0 rings (SSSR count). The maximum absolute atomic E-state index is 10.3. The zero-order valence-corrected chi connectivity index (χ0v) is 13.1. The van der Waals surface area contributed by atoms with E-state index >= 15 is 0 Å². The van der Waals surface area contributed by atoms with Crippen molar-refractivity contribution >= 4 is 46.6 Å². The van der Waals surface area contributed by atoms with Crippen LogP contribution in [0.1, 0.15) is 19.3 Å². The van der Waals surface area contributed by atoms with Gasteiger partial charge in [0.05, 0.1) is 12.8 Å². The number of rotatable bonds is 10. The fourth-order valence-electron chi connectivity index (χ4n) is 1.18. The fourth-order valence-corrected chi connectivity index (χ4v) is 1.59. The molecule has 0 aromatic rings. The molecule has 6 N–H and O–H groups in total. The van der Waals surface area contributed by atoms with Gasteiger partial charge in [0.15, 0.2) is 10.2 Å². The first kappa shape index (κ1) is 19.3. The van der Waals surface area contributed by atoms with E-state index in [0.29, 0.717) is 23.3 Å². The van der Waals surface area contributed by atoms with Gasteiger partial charge in [-0.15, -0.1) is 0 Å². The van der Waals surface area contributed by atoms with Crippen LogP contribution >= 0.6 is 24.4 Å². The molecule has 0 bridgehead atoms. The highest BCUT2D eigenvalue weighted by atomic mass is 32.1. The summed E-state index contributed by atoms with van der Waals surface area (Å²) in [5, 5.41) is 29.2. The van der Waals surface area contributed by atoms with Gasteiger partial charge in [-0.3, -0.25) is 9.59 Å². The molecule has 0 atom stereocenters. The largest absolute Gasteiger partial charge is 0.481 e. The predicted molar refractivity (Wildman–Crippen MR) is 86.3 cm³/mol. The molecule has 0 amide bonds. The normalized spacial score (nSPS) is 9.52. The van der Waals surface area contributed by atoms with E-state index in [1.807, 2.05) is 0 Å². The first-order valence-corrected chi connectivity index (χ1v) is 7.20. The van der Waals surface area contributed by atoms with Crippen LogP contribution in [-0.4, -0.2) is 58.6 Å². The van der Waals surface area contributed by atoms with Crippen molar-refractivity contribution in [1.82, 2.24) is 21.3 Å². The molecule has 120 valence electrons. The summed E-state index contributed by atoms with van der Waals surface area (Å²) in [7, 11) is 0. The second kappa shape index (κ2) is 12.1. The summed E-state index contributed by atoms with van der Waals surface area (Å²) in [6.45, 7) is 1.81. The van der Waals surface area contributed by atoms with Gasteiger partial charge in [0.25, 0.3) is 0 Å². The van der Waals surface area contributed by atoms with E-state index in [9.17, 15) is 9.59 Å². The molecule has 0 aliphatic rings. The molecular formula is C11H20N4O4S2. The van der Waals surface area contributed by atoms with Gasteiger partial charge in [0.1, 0.15) is 0 Å². The molecule has 0 unspecified atom stereocenters. The predicted octanol–water partition coefficient (Wildman–Crippen LogP) is -0.746. The maximum atomic E-state index is 10.3. The molecule has 21 heavy (non-hydrogen) atoms. The summed E-state index contributed by atoms with van der Waals surface area (Å²) in [6, 6.07) is 0. The monoisotopic (exact) mass is 336 g/mol. The van der Waals surface area contributed by atoms with E-state index in [2.05, 4.69) is 21.3 Å². The van der Waals surface area contributed by atoms with Crippen molar-refractivity contribution in [3.05, 3.63) is 0 Å². The molecule has 0 radical (unpaired) electrons. The van der Waals surface area contributed by atoms with Crippen LogP contribution in [0, 0.1) is 0 Å². The van der Waals surface area contributed by atoms with E-state index in [-0.39, 0.29) is 25.9 Å². The fraction of sp³-hybridized carbons (Fsp3) is 0.636. The number of hydrogen-bond donors (Lipinski definition) is 6. The van der Waals surface area contributed by atoms with Gasteiger partial charge < -0.3 is 31.5 Å². The minimum absolute atomic E-state index is 0.0135. The van der Waals surface area contributed by atoms with Crippen LogP contribution in [0.25, 0.3) is 0 Å². The Morgan fingerprint density at radius 3 is 1.38 bits per heavy atom. The first-order valence-electron chi connectivity index (χ1n) is 6.39. The second-order valence-corrected chi connectivity index (χ2v) is 4.82. The van der Waals surface area contributed by atoms with Crippen LogP contribution in [0.5, 0.6) is 0 Å². The van der Waals surface area contributed by atoms with Gasteiger partial charge >= 0.3 is 11.9 Å². The minimum Gasteiger partial charge on any atom is -0.481 e. The molecule has 0 saturated carbocycles. The standard InChI is InChI=1S/C11H20N4O4S2/c16-8(17)2-6-14-10(20)12-4-1-5-13-11(21)15-7-3-9(18)19/h1-7H2,(H,16,17)(H,18,19)(H2,12,14,20)(H2,13,15,21). The molecule has 0 heterocycles. The third-order valence-corrected chi connectivity index (χ3v) is 2.75. The molecular weight excluding hydrogens is 316 g/mol. The summed E-state index contributed by atoms with van der Waals surface area (Å²) >= 11 is 9.92. The van der Waals surface area contributed by atoms with Gasteiger partial charge in [0.2, 0.25) is 0 Å². The van der Waals surface area contributed by atoms with Crippen LogP contribution in [-0.2, 0) is 9.59 Å². The minimum atomic E-state index is -0.876. The highest BCUT2D eigenvalue weighted by Gasteiger charge is 2.00. The Morgan fingerprint density at radius 1 is 0.714 bits per heavy atom. The number of aliphatic carboxylic acids is 2. The van der Waals surface area contributed by atoms with E-state index in [4.69, 9.17) is 34.6 Å². The van der Waals surface area contributed by atoms with Gasteiger partial charge in [-0.05, 0) is 30.9 Å². The van der Waals surface area contributed by atoms with E-state index in [0.717, 1.165) is 6.42 Å². The van der Waals surface area contributed by atoms with Crippen LogP contribution in [0.3, 0.4) is 0 Å². The molecule has 10 heteroatoms. The quantitative estimate of drug-likeness (QED) is 0.224. The zero-order chi connectivity index (χ0) is 16.1. The first-order chi connectivity index (χ1) is 9.91. The smallest absolute Gasteiger partial charge is 0.305 e. The highest BCUT2D eigenvalue weighted by Crippen LogP contribution is 1.80. The Labute approximate surface area is 133 Å². The van der Waals surface area contributed by atoms with Crippen molar-refractivity contribution in [2.24, 2.45) is 0 Å². The lowest BCUT2D eigenvalue weighted by Gasteiger charge is -2.11. The Hall–Kier alpha value is -1.68. The average molecular weight is 336 g/mol. The lowest BCUT2D eigenvalue weighted by molar-refractivity contribution is -0.137. The number of carboxylic acids is 2. The third kappa shape index (κ3) is 14.5. The summed E-state index contributed by atoms with van der Waals surface area (Å²) in [6.07, 6.45) is 0.779. The Bertz CT molecular complexity index is 345. The van der Waals surface area contributed by atoms with Crippen molar-refractivity contribution in [1.29, 1.82) is 0 Å². The van der Waals surface area contributed by atoms with Crippen molar-refractivity contribution in [2.45, 2.75) is 19.3 Å². The molecule has 8 nitrogen and oxygen atoms in total. The Balaban J connectivity index is 3.42. The van der Waals surface area contributed by atoms with Crippen LogP contribution in [0.15, 0.2) is 0 Å². The molecule has 0 aliphatic heterocycles. The third-order valence-electron chi connectivity index (χ3n) is 2.17. The van der Waals surface area contributed by atoms with Gasteiger partial charge in [-0.25, -0.2) is 0 Å². The second-order valence-electron chi connectivity index (χ2n) is 4.01. The van der Waals surface area contributed by atoms with Crippen molar-refractivity contribution < 1.29 is 19.8 Å². The molecule has 0 aromatic heterocycles. The topological polar surface area (TPSA) is 123 Å². The lowest BCUT2D eigenvalue weighted by Crippen LogP contribution is -2.39. The summed E-state index contributed by atoms with van der Waals surface area (Å²) in [5.74, 6) is -1.75. The molecule has 0 fully saturated rings. The van der Waals surface area contributed by atoms with Crippen molar-refractivity contribution in [3.63, 3.8) is 0 Å². The molecule has 0 aromatic carbocycles. The molecule has 0 aliphatic carbocycles. The number of carbonyl (C=O) groups is 2. The Kier molecular flexibility index (Phi) is 11.1. The maximum Gasteiger partial charge on any atom is 0.305 e. The molecule has 0 saturated heterocycles. The lowest BCUT2D eigenvalue weighted by atomic mass is 10.4. The van der Waals surface area contributed by atoms with Crippen LogP contribution < -0.4 is 21.3 Å². The Morgan fingerprint density at radius 2 is 1.05 bits per heavy atom. The van der Waals surface area contributed by atoms with Crippen molar-refractivity contribution in [2.75, 3.05) is 26.2 Å². The van der Waals surface area contributed by atoms with Crippen LogP contribution in [0.2, 0.25) is 0 Å². The van der Waals surface area contributed by atoms with E-state index in [1.165, 1.54) is 0 Å². The van der Waals surface area contributed by atoms with Crippen LogP contribution in [0.4, 0.5) is 0 Å². The number of nitrogens with one attached hydrogen (secondary N) is 4. The van der Waals surface area contributed by atoms with E-state index in [1.54, 1.807) is 0 Å². The number of carboxylic acid groups (broad SMARTS) is 2. The van der Waals surface area contributed by atoms with E-state index < -0.39 is 11.9 Å². The van der Waals surface area contributed by atoms with Gasteiger partial charge in [0, 0.05) is 26.2 Å². The SMILES string of the molecule is O=C(O)CCNC(=S)NCCCNC(=S)NCCC(=O)O. The summed E-state index contributed by atoms with van der Waals surface area (Å²) in [4.78, 5) is 20.6. The summed E-state index contributed by atoms with van der Waals surface area (Å²) < 4.78 is 0. The zero-order valence-electron chi connectivity index (χ0n) is 11.5. The number of hydrogen-bond acceptors (Lipinski definition) is 4. The summed E-state index contributed by atoms with van der Waals surface area (Å²) in [5.41, 5.74) is 0. The average Bonchev–Trinajstić information content (AvgIpc) is 2.37. The van der Waals surface area contributed by atoms with Gasteiger partial charge in [-0.1, -0.05) is 0 Å². The van der Waals surface area contributed by atoms with Crippen molar-refractivity contribution in [3.8, 4) is 0 Å².